The van der Waals surface area contributed by atoms with Gasteiger partial charge in [0.05, 0.1) is 6.61 Å². The summed E-state index contributed by atoms with van der Waals surface area (Å²) in [7, 11) is 0. The van der Waals surface area contributed by atoms with Crippen molar-refractivity contribution in [1.29, 1.82) is 0 Å². The fourth-order valence-electron chi connectivity index (χ4n) is 2.28. The Morgan fingerprint density at radius 2 is 2.06 bits per heavy atom. The zero-order valence-electron chi connectivity index (χ0n) is 11.0. The molecule has 3 heteroatoms. The highest BCUT2D eigenvalue weighted by Crippen LogP contribution is 2.32. The number of hydrogen-bond donors (Lipinski definition) is 0. The molecule has 0 aromatic rings. The second-order valence-corrected chi connectivity index (χ2v) is 4.59. The minimum atomic E-state index is -0.309. The predicted molar refractivity (Wildman–Crippen MR) is 66.6 cm³/mol. The van der Waals surface area contributed by atoms with Gasteiger partial charge in [0, 0.05) is 17.1 Å². The van der Waals surface area contributed by atoms with Crippen LogP contribution in [0.25, 0.3) is 0 Å². The highest BCUT2D eigenvalue weighted by molar-refractivity contribution is 6.08. The maximum absolute atomic E-state index is 12.0. The van der Waals surface area contributed by atoms with E-state index in [1.165, 1.54) is 0 Å². The van der Waals surface area contributed by atoms with E-state index in [2.05, 4.69) is 6.92 Å². The third kappa shape index (κ3) is 3.42. The molecule has 0 saturated carbocycles. The molecule has 0 saturated heterocycles. The van der Waals surface area contributed by atoms with Crippen molar-refractivity contribution in [1.82, 2.24) is 0 Å². The average Bonchev–Trinajstić information content (AvgIpc) is 2.58. The molecule has 1 aliphatic carbocycles. The number of ketones is 1. The Hall–Kier alpha value is -1.12. The van der Waals surface area contributed by atoms with Crippen molar-refractivity contribution in [2.75, 3.05) is 6.61 Å². The molecule has 0 aromatic heterocycles. The molecule has 17 heavy (non-hydrogen) atoms. The number of unbranched alkanes of at least 4 members (excludes halogenated alkanes) is 2. The van der Waals surface area contributed by atoms with Crippen LogP contribution in [0.2, 0.25) is 0 Å². The second-order valence-electron chi connectivity index (χ2n) is 4.59. The van der Waals surface area contributed by atoms with Crippen LogP contribution in [0.1, 0.15) is 52.9 Å². The molecule has 0 aliphatic heterocycles. The maximum atomic E-state index is 12.0. The van der Waals surface area contributed by atoms with Crippen molar-refractivity contribution in [3.63, 3.8) is 0 Å². The van der Waals surface area contributed by atoms with Crippen molar-refractivity contribution in [3.8, 4) is 0 Å². The van der Waals surface area contributed by atoms with E-state index in [0.717, 1.165) is 25.7 Å². The Bertz CT molecular complexity index is 328. The zero-order valence-corrected chi connectivity index (χ0v) is 11.0. The number of carbonyl (C=O) groups excluding carboxylic acids is 2. The minimum absolute atomic E-state index is 0.0148. The Morgan fingerprint density at radius 3 is 2.65 bits per heavy atom. The normalized spacial score (nSPS) is 19.9. The summed E-state index contributed by atoms with van der Waals surface area (Å²) in [5.74, 6) is -0.151. The highest BCUT2D eigenvalue weighted by Gasteiger charge is 2.33. The molecule has 0 amide bonds. The van der Waals surface area contributed by atoms with Crippen LogP contribution >= 0.6 is 0 Å². The minimum Gasteiger partial charge on any atom is -0.463 e. The van der Waals surface area contributed by atoms with Gasteiger partial charge in [-0.15, -0.1) is 0 Å². The van der Waals surface area contributed by atoms with E-state index in [4.69, 9.17) is 4.74 Å². The number of ether oxygens (including phenoxy) is 1. The predicted octanol–water partition coefficient (Wildman–Crippen LogP) is 3.04. The number of Topliss-reactive ketones (excluding diaryl/α,β-unsaturated/α-hetero) is 1. The molecule has 3 nitrogen and oxygen atoms in total. The molecule has 1 aliphatic rings. The first-order chi connectivity index (χ1) is 8.11. The third-order valence-electron chi connectivity index (χ3n) is 3.32. The fourth-order valence-corrected chi connectivity index (χ4v) is 2.28. The molecule has 1 atom stereocenters. The van der Waals surface area contributed by atoms with Gasteiger partial charge in [-0.3, -0.25) is 4.79 Å². The smallest absolute Gasteiger partial charge is 0.334 e. The molecule has 0 bridgehead atoms. The van der Waals surface area contributed by atoms with Crippen molar-refractivity contribution >= 4 is 11.8 Å². The van der Waals surface area contributed by atoms with E-state index in [-0.39, 0.29) is 17.7 Å². The SMILES string of the molecule is CCCCCC1CC(C(=O)OCC)=C(C)C1=O. The molecular weight excluding hydrogens is 216 g/mol. The first-order valence-corrected chi connectivity index (χ1v) is 6.52. The van der Waals surface area contributed by atoms with Crippen molar-refractivity contribution in [3.05, 3.63) is 11.1 Å². The highest BCUT2D eigenvalue weighted by atomic mass is 16.5. The van der Waals surface area contributed by atoms with Gasteiger partial charge in [0.2, 0.25) is 0 Å². The van der Waals surface area contributed by atoms with Crippen LogP contribution in [-0.2, 0) is 14.3 Å². The van der Waals surface area contributed by atoms with Gasteiger partial charge in [0.25, 0.3) is 0 Å². The quantitative estimate of drug-likeness (QED) is 0.527. The molecule has 0 heterocycles. The van der Waals surface area contributed by atoms with Crippen LogP contribution in [0.5, 0.6) is 0 Å². The second kappa shape index (κ2) is 6.58. The standard InChI is InChI=1S/C14H22O3/c1-4-6-7-8-11-9-12(10(3)13(11)15)14(16)17-5-2/h11H,4-9H2,1-3H3. The van der Waals surface area contributed by atoms with E-state index in [0.29, 0.717) is 24.2 Å². The Morgan fingerprint density at radius 1 is 1.35 bits per heavy atom. The lowest BCUT2D eigenvalue weighted by Crippen LogP contribution is -2.09. The summed E-state index contributed by atoms with van der Waals surface area (Å²) in [6.45, 7) is 6.03. The number of carbonyl (C=O) groups is 2. The fraction of sp³-hybridized carbons (Fsp3) is 0.714. The van der Waals surface area contributed by atoms with Gasteiger partial charge in [0.1, 0.15) is 0 Å². The van der Waals surface area contributed by atoms with E-state index >= 15 is 0 Å². The number of esters is 1. The molecule has 0 aromatic carbocycles. The van der Waals surface area contributed by atoms with Crippen LogP contribution in [0.15, 0.2) is 11.1 Å². The van der Waals surface area contributed by atoms with Crippen LogP contribution in [-0.4, -0.2) is 18.4 Å². The van der Waals surface area contributed by atoms with Gasteiger partial charge >= 0.3 is 5.97 Å². The largest absolute Gasteiger partial charge is 0.463 e. The molecule has 0 N–H and O–H groups in total. The first kappa shape index (κ1) is 13.9. The van der Waals surface area contributed by atoms with Crippen molar-refractivity contribution in [2.24, 2.45) is 5.92 Å². The molecule has 0 fully saturated rings. The van der Waals surface area contributed by atoms with E-state index in [9.17, 15) is 9.59 Å². The lowest BCUT2D eigenvalue weighted by Gasteiger charge is -2.08. The van der Waals surface area contributed by atoms with Gasteiger partial charge in [0.15, 0.2) is 5.78 Å². The van der Waals surface area contributed by atoms with E-state index in [1.54, 1.807) is 13.8 Å². The van der Waals surface area contributed by atoms with Gasteiger partial charge < -0.3 is 4.74 Å². The molecule has 96 valence electrons. The summed E-state index contributed by atoms with van der Waals surface area (Å²) in [6.07, 6.45) is 4.84. The average molecular weight is 238 g/mol. The van der Waals surface area contributed by atoms with Gasteiger partial charge in [-0.1, -0.05) is 26.2 Å². The van der Waals surface area contributed by atoms with Crippen LogP contribution in [0.4, 0.5) is 0 Å². The monoisotopic (exact) mass is 238 g/mol. The van der Waals surface area contributed by atoms with E-state index in [1.807, 2.05) is 0 Å². The Labute approximate surface area is 103 Å². The summed E-state index contributed by atoms with van der Waals surface area (Å²) in [5.41, 5.74) is 1.21. The van der Waals surface area contributed by atoms with Crippen molar-refractivity contribution in [2.45, 2.75) is 52.9 Å². The summed E-state index contributed by atoms with van der Waals surface area (Å²) < 4.78 is 4.97. The summed E-state index contributed by atoms with van der Waals surface area (Å²) >= 11 is 0. The van der Waals surface area contributed by atoms with E-state index < -0.39 is 0 Å². The number of hydrogen-bond acceptors (Lipinski definition) is 3. The summed E-state index contributed by atoms with van der Waals surface area (Å²) in [4.78, 5) is 23.6. The first-order valence-electron chi connectivity index (χ1n) is 6.52. The summed E-state index contributed by atoms with van der Waals surface area (Å²) in [5, 5.41) is 0. The summed E-state index contributed by atoms with van der Waals surface area (Å²) in [6, 6.07) is 0. The Balaban J connectivity index is 2.58. The van der Waals surface area contributed by atoms with Crippen LogP contribution in [0, 0.1) is 5.92 Å². The van der Waals surface area contributed by atoms with Gasteiger partial charge in [-0.05, 0) is 26.7 Å². The van der Waals surface area contributed by atoms with Crippen LogP contribution < -0.4 is 0 Å². The van der Waals surface area contributed by atoms with Crippen molar-refractivity contribution < 1.29 is 14.3 Å². The van der Waals surface area contributed by atoms with Gasteiger partial charge in [-0.25, -0.2) is 4.79 Å². The number of allylic oxidation sites excluding steroid dienone is 1. The van der Waals surface area contributed by atoms with Gasteiger partial charge in [-0.2, -0.15) is 0 Å². The number of rotatable bonds is 6. The molecule has 0 spiro atoms. The molecular formula is C14H22O3. The maximum Gasteiger partial charge on any atom is 0.334 e. The zero-order chi connectivity index (χ0) is 12.8. The van der Waals surface area contributed by atoms with Crippen LogP contribution in [0.3, 0.4) is 0 Å². The molecule has 1 rings (SSSR count). The lowest BCUT2D eigenvalue weighted by molar-refractivity contribution is -0.138. The third-order valence-corrected chi connectivity index (χ3v) is 3.32. The topological polar surface area (TPSA) is 43.4 Å². The lowest BCUT2D eigenvalue weighted by atomic mass is 9.96. The molecule has 1 unspecified atom stereocenters. The molecule has 0 radical (unpaired) electrons. The Kier molecular flexibility index (Phi) is 5.39.